The molecule has 1 aliphatic rings. The van der Waals surface area contributed by atoms with Gasteiger partial charge in [-0.15, -0.1) is 0 Å². The second-order valence-corrected chi connectivity index (χ2v) is 6.23. The van der Waals surface area contributed by atoms with Crippen LogP contribution in [0.2, 0.25) is 0 Å². The number of hydrogen-bond donors (Lipinski definition) is 1. The fraction of sp³-hybridized carbons (Fsp3) is 0.611. The maximum atomic E-state index is 12.4. The van der Waals surface area contributed by atoms with E-state index in [2.05, 4.69) is 30.4 Å². The molecule has 1 N–H and O–H groups in total. The van der Waals surface area contributed by atoms with Gasteiger partial charge in [0.25, 0.3) is 0 Å². The van der Waals surface area contributed by atoms with E-state index in [-0.39, 0.29) is 5.91 Å². The molecular weight excluding hydrogens is 260 g/mol. The predicted molar refractivity (Wildman–Crippen MR) is 87.4 cm³/mol. The van der Waals surface area contributed by atoms with Crippen LogP contribution in [0.5, 0.6) is 0 Å². The van der Waals surface area contributed by atoms with E-state index in [9.17, 15) is 4.79 Å². The summed E-state index contributed by atoms with van der Waals surface area (Å²) in [6, 6.07) is 9.40. The van der Waals surface area contributed by atoms with Crippen molar-refractivity contribution in [1.82, 2.24) is 10.2 Å². The summed E-state index contributed by atoms with van der Waals surface area (Å²) in [4.78, 5) is 14.4. The lowest BCUT2D eigenvalue weighted by Gasteiger charge is -2.34. The molecule has 1 aliphatic carbocycles. The minimum absolute atomic E-state index is 0.283. The fourth-order valence-corrected chi connectivity index (χ4v) is 3.26. The zero-order valence-corrected chi connectivity index (χ0v) is 13.6. The second-order valence-electron chi connectivity index (χ2n) is 6.23. The van der Waals surface area contributed by atoms with Gasteiger partial charge >= 0.3 is 0 Å². The van der Waals surface area contributed by atoms with E-state index in [4.69, 9.17) is 0 Å². The van der Waals surface area contributed by atoms with Gasteiger partial charge in [-0.1, -0.05) is 24.3 Å². The Hall–Kier alpha value is -1.35. The van der Waals surface area contributed by atoms with Crippen LogP contribution < -0.4 is 5.32 Å². The molecule has 0 aromatic heterocycles. The first-order valence-corrected chi connectivity index (χ1v) is 8.09. The van der Waals surface area contributed by atoms with Gasteiger partial charge < -0.3 is 10.2 Å². The summed E-state index contributed by atoms with van der Waals surface area (Å²) in [5, 5.41) is 3.34. The SMILES string of the molecule is CNC1CCC(N(C)C(=O)CCc2ccccc2C)CC1. The molecule has 0 saturated heterocycles. The summed E-state index contributed by atoms with van der Waals surface area (Å²) in [5.74, 6) is 0.283. The number of carbonyl (C=O) groups excluding carboxylic acids is 1. The van der Waals surface area contributed by atoms with Gasteiger partial charge in [-0.05, 0) is 57.2 Å². The number of benzene rings is 1. The molecule has 0 bridgehead atoms. The van der Waals surface area contributed by atoms with Crippen LogP contribution in [-0.2, 0) is 11.2 Å². The van der Waals surface area contributed by atoms with Crippen LogP contribution >= 0.6 is 0 Å². The summed E-state index contributed by atoms with van der Waals surface area (Å²) >= 11 is 0. The van der Waals surface area contributed by atoms with Crippen molar-refractivity contribution in [1.29, 1.82) is 0 Å². The van der Waals surface area contributed by atoms with Crippen molar-refractivity contribution in [2.24, 2.45) is 0 Å². The summed E-state index contributed by atoms with van der Waals surface area (Å²) in [6.07, 6.45) is 6.07. The first-order valence-electron chi connectivity index (χ1n) is 8.09. The fourth-order valence-electron chi connectivity index (χ4n) is 3.26. The van der Waals surface area contributed by atoms with Gasteiger partial charge in [-0.3, -0.25) is 4.79 Å². The van der Waals surface area contributed by atoms with E-state index in [1.165, 1.54) is 24.0 Å². The Labute approximate surface area is 128 Å². The lowest BCUT2D eigenvalue weighted by Crippen LogP contribution is -2.42. The molecule has 0 unspecified atom stereocenters. The van der Waals surface area contributed by atoms with E-state index < -0.39 is 0 Å². The van der Waals surface area contributed by atoms with Crippen LogP contribution in [0, 0.1) is 6.92 Å². The smallest absolute Gasteiger partial charge is 0.222 e. The van der Waals surface area contributed by atoms with Crippen molar-refractivity contribution in [3.05, 3.63) is 35.4 Å². The van der Waals surface area contributed by atoms with Crippen molar-refractivity contribution in [2.75, 3.05) is 14.1 Å². The molecule has 1 amide bonds. The number of nitrogens with one attached hydrogen (secondary N) is 1. The number of aryl methyl sites for hydroxylation is 2. The number of carbonyl (C=O) groups is 1. The lowest BCUT2D eigenvalue weighted by atomic mass is 9.90. The van der Waals surface area contributed by atoms with Crippen LogP contribution in [0.1, 0.15) is 43.2 Å². The van der Waals surface area contributed by atoms with Crippen molar-refractivity contribution >= 4 is 5.91 Å². The van der Waals surface area contributed by atoms with Gasteiger partial charge in [-0.2, -0.15) is 0 Å². The molecule has 3 nitrogen and oxygen atoms in total. The standard InChI is InChI=1S/C18H28N2O/c1-14-6-4-5-7-15(14)8-13-18(21)20(3)17-11-9-16(19-2)10-12-17/h4-7,16-17,19H,8-13H2,1-3H3. The Morgan fingerprint density at radius 3 is 2.52 bits per heavy atom. The van der Waals surface area contributed by atoms with Crippen LogP contribution in [0.4, 0.5) is 0 Å². The molecule has 1 aromatic carbocycles. The third kappa shape index (κ3) is 4.31. The Kier molecular flexibility index (Phi) is 5.80. The highest BCUT2D eigenvalue weighted by Crippen LogP contribution is 2.23. The zero-order valence-electron chi connectivity index (χ0n) is 13.6. The molecule has 1 saturated carbocycles. The number of nitrogens with zero attached hydrogens (tertiary/aromatic N) is 1. The molecule has 0 radical (unpaired) electrons. The highest BCUT2D eigenvalue weighted by Gasteiger charge is 2.25. The van der Waals surface area contributed by atoms with Gasteiger partial charge in [0.2, 0.25) is 5.91 Å². The Morgan fingerprint density at radius 2 is 1.90 bits per heavy atom. The average molecular weight is 288 g/mol. The van der Waals surface area contributed by atoms with Crippen LogP contribution in [-0.4, -0.2) is 37.0 Å². The van der Waals surface area contributed by atoms with Crippen molar-refractivity contribution in [3.8, 4) is 0 Å². The largest absolute Gasteiger partial charge is 0.343 e. The molecule has 2 rings (SSSR count). The molecule has 21 heavy (non-hydrogen) atoms. The highest BCUT2D eigenvalue weighted by molar-refractivity contribution is 5.76. The molecule has 0 spiro atoms. The Morgan fingerprint density at radius 1 is 1.24 bits per heavy atom. The third-order valence-corrected chi connectivity index (χ3v) is 4.92. The first-order chi connectivity index (χ1) is 10.1. The molecule has 0 aliphatic heterocycles. The quantitative estimate of drug-likeness (QED) is 0.903. The third-order valence-electron chi connectivity index (χ3n) is 4.92. The second kappa shape index (κ2) is 7.60. The minimum Gasteiger partial charge on any atom is -0.343 e. The molecule has 116 valence electrons. The van der Waals surface area contributed by atoms with Gasteiger partial charge in [0.05, 0.1) is 0 Å². The van der Waals surface area contributed by atoms with E-state index in [0.717, 1.165) is 19.3 Å². The maximum Gasteiger partial charge on any atom is 0.222 e. The van der Waals surface area contributed by atoms with Gasteiger partial charge in [0, 0.05) is 25.6 Å². The van der Waals surface area contributed by atoms with Crippen LogP contribution in [0.3, 0.4) is 0 Å². The number of hydrogen-bond acceptors (Lipinski definition) is 2. The molecule has 1 aromatic rings. The first kappa shape index (κ1) is 16.0. The predicted octanol–water partition coefficient (Wildman–Crippen LogP) is 2.92. The number of rotatable bonds is 5. The summed E-state index contributed by atoms with van der Waals surface area (Å²) in [5.41, 5.74) is 2.57. The lowest BCUT2D eigenvalue weighted by molar-refractivity contribution is -0.132. The van der Waals surface area contributed by atoms with Crippen LogP contribution in [0.15, 0.2) is 24.3 Å². The molecular formula is C18H28N2O. The molecule has 3 heteroatoms. The Balaban J connectivity index is 1.82. The molecule has 1 fully saturated rings. The summed E-state index contributed by atoms with van der Waals surface area (Å²) in [7, 11) is 4.01. The van der Waals surface area contributed by atoms with Crippen molar-refractivity contribution < 1.29 is 4.79 Å². The number of amides is 1. The zero-order chi connectivity index (χ0) is 15.2. The van der Waals surface area contributed by atoms with Crippen molar-refractivity contribution in [3.63, 3.8) is 0 Å². The van der Waals surface area contributed by atoms with Gasteiger partial charge in [0.1, 0.15) is 0 Å². The van der Waals surface area contributed by atoms with Gasteiger partial charge in [0.15, 0.2) is 0 Å². The summed E-state index contributed by atoms with van der Waals surface area (Å²) in [6.45, 7) is 2.11. The van der Waals surface area contributed by atoms with E-state index in [1.54, 1.807) is 0 Å². The Bertz CT molecular complexity index is 464. The molecule has 0 heterocycles. The summed E-state index contributed by atoms with van der Waals surface area (Å²) < 4.78 is 0. The molecule has 0 atom stereocenters. The normalized spacial score (nSPS) is 22.0. The topological polar surface area (TPSA) is 32.3 Å². The maximum absolute atomic E-state index is 12.4. The van der Waals surface area contributed by atoms with Crippen LogP contribution in [0.25, 0.3) is 0 Å². The monoisotopic (exact) mass is 288 g/mol. The van der Waals surface area contributed by atoms with Crippen molar-refractivity contribution in [2.45, 2.75) is 57.5 Å². The highest BCUT2D eigenvalue weighted by atomic mass is 16.2. The van der Waals surface area contributed by atoms with Gasteiger partial charge in [-0.25, -0.2) is 0 Å². The van der Waals surface area contributed by atoms with E-state index in [1.807, 2.05) is 25.1 Å². The van der Waals surface area contributed by atoms with E-state index in [0.29, 0.717) is 18.5 Å². The minimum atomic E-state index is 0.283. The average Bonchev–Trinajstić information content (AvgIpc) is 2.53. The van der Waals surface area contributed by atoms with E-state index >= 15 is 0 Å².